The molecule has 1 unspecified atom stereocenters. The van der Waals surface area contributed by atoms with Crippen molar-refractivity contribution < 1.29 is 14.4 Å². The van der Waals surface area contributed by atoms with Crippen molar-refractivity contribution in [2.75, 3.05) is 11.9 Å². The Hall–Kier alpha value is -2.42. The summed E-state index contributed by atoms with van der Waals surface area (Å²) < 4.78 is 0.984. The minimum absolute atomic E-state index is 0.305. The van der Waals surface area contributed by atoms with E-state index in [4.69, 9.17) is 0 Å². The lowest BCUT2D eigenvalue weighted by molar-refractivity contribution is -0.134. The van der Waals surface area contributed by atoms with Gasteiger partial charge in [-0.15, -0.1) is 0 Å². The Morgan fingerprint density at radius 3 is 2.81 bits per heavy atom. The van der Waals surface area contributed by atoms with E-state index in [1.807, 2.05) is 42.5 Å². The number of aryl methyl sites for hydroxylation is 1. The Labute approximate surface area is 170 Å². The largest absolute Gasteiger partial charge is 0.325 e. The summed E-state index contributed by atoms with van der Waals surface area (Å²) >= 11 is 2.15. The predicted octanol–water partition coefficient (Wildman–Crippen LogP) is 3.01. The lowest BCUT2D eigenvalue weighted by Crippen LogP contribution is -2.47. The first kappa shape index (κ1) is 18.0. The van der Waals surface area contributed by atoms with Crippen LogP contribution in [0.15, 0.2) is 48.5 Å². The highest BCUT2D eigenvalue weighted by molar-refractivity contribution is 14.1. The van der Waals surface area contributed by atoms with Crippen LogP contribution in [0.1, 0.15) is 24.0 Å². The van der Waals surface area contributed by atoms with Gasteiger partial charge in [0.05, 0.1) is 0 Å². The van der Waals surface area contributed by atoms with Crippen molar-refractivity contribution in [3.63, 3.8) is 0 Å². The third-order valence-electron chi connectivity index (χ3n) is 5.06. The molecule has 27 heavy (non-hydrogen) atoms. The van der Waals surface area contributed by atoms with Gasteiger partial charge in [-0.05, 0) is 71.2 Å². The van der Waals surface area contributed by atoms with Crippen molar-refractivity contribution in [2.45, 2.75) is 24.8 Å². The van der Waals surface area contributed by atoms with Gasteiger partial charge in [-0.25, -0.2) is 4.79 Å². The van der Waals surface area contributed by atoms with E-state index < -0.39 is 17.5 Å². The first-order valence-electron chi connectivity index (χ1n) is 8.77. The van der Waals surface area contributed by atoms with Gasteiger partial charge >= 0.3 is 6.03 Å². The van der Waals surface area contributed by atoms with Crippen LogP contribution < -0.4 is 10.6 Å². The molecule has 138 valence electrons. The molecule has 4 amide bonds. The topological polar surface area (TPSA) is 78.5 Å². The van der Waals surface area contributed by atoms with Crippen LogP contribution in [-0.4, -0.2) is 29.3 Å². The molecule has 2 aromatic rings. The quantitative estimate of drug-likeness (QED) is 0.530. The molecule has 1 saturated heterocycles. The summed E-state index contributed by atoms with van der Waals surface area (Å²) in [6.07, 6.45) is 2.24. The van der Waals surface area contributed by atoms with Crippen molar-refractivity contribution in [2.24, 2.45) is 0 Å². The molecule has 1 fully saturated rings. The highest BCUT2D eigenvalue weighted by Crippen LogP contribution is 2.39. The molecule has 7 heteroatoms. The van der Waals surface area contributed by atoms with Crippen molar-refractivity contribution in [1.82, 2.24) is 10.2 Å². The lowest BCUT2D eigenvalue weighted by Gasteiger charge is -2.33. The number of hydrogen-bond donors (Lipinski definition) is 2. The van der Waals surface area contributed by atoms with Gasteiger partial charge in [-0.3, -0.25) is 14.5 Å². The van der Waals surface area contributed by atoms with Gasteiger partial charge in [0.15, 0.2) is 0 Å². The fraction of sp³-hybridized carbons (Fsp3) is 0.250. The third kappa shape index (κ3) is 3.20. The van der Waals surface area contributed by atoms with E-state index in [1.165, 1.54) is 0 Å². The molecule has 2 aromatic carbocycles. The fourth-order valence-electron chi connectivity index (χ4n) is 3.87. The van der Waals surface area contributed by atoms with Crippen LogP contribution in [-0.2, 0) is 21.5 Å². The number of carbonyl (C=O) groups is 3. The third-order valence-corrected chi connectivity index (χ3v) is 5.73. The number of nitrogens with zero attached hydrogens (tertiary/aromatic N) is 1. The van der Waals surface area contributed by atoms with Crippen LogP contribution >= 0.6 is 22.6 Å². The number of anilines is 1. The molecule has 0 bridgehead atoms. The normalized spacial score (nSPS) is 21.1. The van der Waals surface area contributed by atoms with Crippen LogP contribution in [0.2, 0.25) is 0 Å². The number of imide groups is 1. The highest BCUT2D eigenvalue weighted by Gasteiger charge is 2.54. The highest BCUT2D eigenvalue weighted by atomic mass is 127. The molecule has 1 aliphatic carbocycles. The van der Waals surface area contributed by atoms with Crippen molar-refractivity contribution >= 4 is 46.1 Å². The number of urea groups is 1. The Balaban J connectivity index is 1.55. The average Bonchev–Trinajstić information content (AvgIpc) is 2.87. The number of nitrogens with one attached hydrogen (secondary N) is 2. The molecule has 1 heterocycles. The number of fused-ring (bicyclic) bond motifs is 2. The molecule has 1 aliphatic heterocycles. The van der Waals surface area contributed by atoms with Crippen LogP contribution in [0.4, 0.5) is 10.5 Å². The van der Waals surface area contributed by atoms with Crippen LogP contribution in [0.5, 0.6) is 0 Å². The monoisotopic (exact) mass is 475 g/mol. The summed E-state index contributed by atoms with van der Waals surface area (Å²) in [6, 6.07) is 14.5. The smallest absolute Gasteiger partial charge is 0.324 e. The second-order valence-electron chi connectivity index (χ2n) is 6.80. The van der Waals surface area contributed by atoms with E-state index in [-0.39, 0.29) is 12.5 Å². The number of carbonyl (C=O) groups excluding carboxylic acids is 3. The minimum Gasteiger partial charge on any atom is -0.324 e. The van der Waals surface area contributed by atoms with Gasteiger partial charge in [-0.2, -0.15) is 0 Å². The summed E-state index contributed by atoms with van der Waals surface area (Å²) in [5, 5.41) is 5.60. The zero-order chi connectivity index (χ0) is 19.0. The molecular weight excluding hydrogens is 457 g/mol. The van der Waals surface area contributed by atoms with E-state index in [9.17, 15) is 14.4 Å². The SMILES string of the molecule is O=C(CN1C(=O)NC2(CCCc3ccccc32)C1=O)Nc1cccc(I)c1. The van der Waals surface area contributed by atoms with Gasteiger partial charge in [0.25, 0.3) is 5.91 Å². The standard InChI is InChI=1S/C20H18IN3O3/c21-14-7-3-8-15(11-14)22-17(25)12-24-18(26)20(23-19(24)27)10-4-6-13-5-1-2-9-16(13)20/h1-3,5,7-9,11H,4,6,10,12H2,(H,22,25)(H,23,27). The van der Waals surface area contributed by atoms with E-state index in [1.54, 1.807) is 6.07 Å². The number of benzene rings is 2. The van der Waals surface area contributed by atoms with Gasteiger partial charge in [-0.1, -0.05) is 30.3 Å². The summed E-state index contributed by atoms with van der Waals surface area (Å²) in [5.74, 6) is -0.751. The van der Waals surface area contributed by atoms with Gasteiger partial charge in [0.2, 0.25) is 5.91 Å². The molecule has 0 saturated carbocycles. The average molecular weight is 475 g/mol. The number of rotatable bonds is 3. The first-order chi connectivity index (χ1) is 13.0. The fourth-order valence-corrected chi connectivity index (χ4v) is 4.41. The molecule has 0 radical (unpaired) electrons. The van der Waals surface area contributed by atoms with Gasteiger partial charge < -0.3 is 10.6 Å². The Morgan fingerprint density at radius 2 is 2.00 bits per heavy atom. The van der Waals surface area contributed by atoms with Crippen LogP contribution in [0, 0.1) is 3.57 Å². The number of hydrogen-bond acceptors (Lipinski definition) is 3. The number of halogens is 1. The molecule has 6 nitrogen and oxygen atoms in total. The van der Waals surface area contributed by atoms with E-state index in [2.05, 4.69) is 33.2 Å². The molecule has 1 spiro atoms. The Kier molecular flexibility index (Phi) is 4.63. The van der Waals surface area contributed by atoms with Crippen molar-refractivity contribution in [3.8, 4) is 0 Å². The Morgan fingerprint density at radius 1 is 1.19 bits per heavy atom. The maximum Gasteiger partial charge on any atom is 0.325 e. The molecule has 4 rings (SSSR count). The van der Waals surface area contributed by atoms with E-state index in [0.29, 0.717) is 12.1 Å². The summed E-state index contributed by atoms with van der Waals surface area (Å²) in [5.41, 5.74) is 1.50. The second-order valence-corrected chi connectivity index (χ2v) is 8.04. The zero-order valence-electron chi connectivity index (χ0n) is 14.5. The maximum atomic E-state index is 13.2. The minimum atomic E-state index is -1.05. The van der Waals surface area contributed by atoms with Crippen molar-refractivity contribution in [1.29, 1.82) is 0 Å². The molecular formula is C20H18IN3O3. The van der Waals surface area contributed by atoms with Crippen LogP contribution in [0.25, 0.3) is 0 Å². The number of amides is 4. The summed E-state index contributed by atoms with van der Waals surface area (Å²) in [7, 11) is 0. The molecule has 1 atom stereocenters. The molecule has 0 aromatic heterocycles. The van der Waals surface area contributed by atoms with Gasteiger partial charge in [0.1, 0.15) is 12.1 Å². The zero-order valence-corrected chi connectivity index (χ0v) is 16.7. The maximum absolute atomic E-state index is 13.2. The second kappa shape index (κ2) is 6.95. The van der Waals surface area contributed by atoms with Gasteiger partial charge in [0, 0.05) is 9.26 Å². The molecule has 2 N–H and O–H groups in total. The van der Waals surface area contributed by atoms with Crippen LogP contribution in [0.3, 0.4) is 0 Å². The predicted molar refractivity (Wildman–Crippen MR) is 109 cm³/mol. The molecule has 2 aliphatic rings. The van der Waals surface area contributed by atoms with E-state index >= 15 is 0 Å². The van der Waals surface area contributed by atoms with E-state index in [0.717, 1.165) is 32.4 Å². The summed E-state index contributed by atoms with van der Waals surface area (Å²) in [4.78, 5) is 39.1. The summed E-state index contributed by atoms with van der Waals surface area (Å²) in [6.45, 7) is -0.305. The first-order valence-corrected chi connectivity index (χ1v) is 9.85. The van der Waals surface area contributed by atoms with Crippen molar-refractivity contribution in [3.05, 3.63) is 63.2 Å². The lowest BCUT2D eigenvalue weighted by atomic mass is 9.76. The Bertz CT molecular complexity index is 946.